The lowest BCUT2D eigenvalue weighted by molar-refractivity contribution is -0.139. The molecule has 84 valence electrons. The van der Waals surface area contributed by atoms with Crippen molar-refractivity contribution >= 4 is 5.97 Å². The zero-order valence-corrected chi connectivity index (χ0v) is 9.19. The van der Waals surface area contributed by atoms with Crippen LogP contribution in [0.15, 0.2) is 24.3 Å². The van der Waals surface area contributed by atoms with E-state index in [1.807, 2.05) is 24.3 Å². The minimum atomic E-state index is -0.251. The third-order valence-corrected chi connectivity index (χ3v) is 2.06. The molecule has 0 aliphatic heterocycles. The van der Waals surface area contributed by atoms with E-state index in [1.165, 1.54) is 7.11 Å². The number of hydrogen-bond donors (Lipinski definition) is 1. The number of esters is 1. The summed E-state index contributed by atoms with van der Waals surface area (Å²) in [5, 5.41) is 8.51. The number of benzene rings is 1. The number of aliphatic hydroxyl groups is 1. The van der Waals surface area contributed by atoms with Crippen molar-refractivity contribution in [1.29, 1.82) is 0 Å². The van der Waals surface area contributed by atoms with Gasteiger partial charge in [0.05, 0.1) is 13.5 Å². The van der Waals surface area contributed by atoms with E-state index in [4.69, 9.17) is 5.11 Å². The predicted octanol–water partition coefficient (Wildman–Crippen LogP) is 0.940. The first-order chi connectivity index (χ1) is 7.76. The molecule has 0 aromatic heterocycles. The van der Waals surface area contributed by atoms with Crippen LogP contribution in [-0.2, 0) is 22.4 Å². The molecule has 0 aliphatic rings. The molecule has 1 aromatic carbocycles. The first-order valence-corrected chi connectivity index (χ1v) is 4.97. The van der Waals surface area contributed by atoms with Crippen molar-refractivity contribution in [3.63, 3.8) is 0 Å². The molecule has 0 bridgehead atoms. The molecule has 0 spiro atoms. The van der Waals surface area contributed by atoms with Crippen LogP contribution < -0.4 is 0 Å². The van der Waals surface area contributed by atoms with Gasteiger partial charge in [-0.2, -0.15) is 0 Å². The molecule has 3 heteroatoms. The lowest BCUT2D eigenvalue weighted by Crippen LogP contribution is -2.04. The van der Waals surface area contributed by atoms with Gasteiger partial charge in [-0.25, -0.2) is 0 Å². The van der Waals surface area contributed by atoms with Crippen LogP contribution in [0.3, 0.4) is 0 Å². The second-order valence-corrected chi connectivity index (χ2v) is 3.26. The highest BCUT2D eigenvalue weighted by Crippen LogP contribution is 2.07. The largest absolute Gasteiger partial charge is 0.469 e. The fourth-order valence-corrected chi connectivity index (χ4v) is 1.31. The normalized spacial score (nSPS) is 9.12. The number of hydrogen-bond acceptors (Lipinski definition) is 3. The summed E-state index contributed by atoms with van der Waals surface area (Å²) < 4.78 is 4.59. The number of carbonyl (C=O) groups is 1. The van der Waals surface area contributed by atoms with Gasteiger partial charge >= 0.3 is 5.97 Å². The molecule has 1 N–H and O–H groups in total. The van der Waals surface area contributed by atoms with Crippen molar-refractivity contribution in [2.24, 2.45) is 0 Å². The van der Waals surface area contributed by atoms with Gasteiger partial charge in [0.2, 0.25) is 0 Å². The Balaban J connectivity index is 2.67. The van der Waals surface area contributed by atoms with Crippen LogP contribution in [0.2, 0.25) is 0 Å². The van der Waals surface area contributed by atoms with Gasteiger partial charge in [-0.1, -0.05) is 36.1 Å². The summed E-state index contributed by atoms with van der Waals surface area (Å²) in [6.07, 6.45) is 0.855. The number of aliphatic hydroxyl groups excluding tert-OH is 1. The summed E-state index contributed by atoms with van der Waals surface area (Å²) in [5.41, 5.74) is 1.94. The maximum atomic E-state index is 11.1. The highest BCUT2D eigenvalue weighted by atomic mass is 16.5. The van der Waals surface area contributed by atoms with Crippen LogP contribution >= 0.6 is 0 Å². The van der Waals surface area contributed by atoms with Gasteiger partial charge in [-0.3, -0.25) is 4.79 Å². The Bertz CT molecular complexity index is 413. The average Bonchev–Trinajstić information content (AvgIpc) is 2.30. The van der Waals surface area contributed by atoms with Gasteiger partial charge in [0.25, 0.3) is 0 Å². The fraction of sp³-hybridized carbons (Fsp3) is 0.308. The SMILES string of the molecule is COC(=O)Cc1cccc(CC#CCO)c1. The van der Waals surface area contributed by atoms with Crippen molar-refractivity contribution < 1.29 is 14.6 Å². The summed E-state index contributed by atoms with van der Waals surface area (Å²) in [5.74, 6) is 5.16. The van der Waals surface area contributed by atoms with Gasteiger partial charge < -0.3 is 9.84 Å². The molecule has 0 amide bonds. The molecule has 1 aromatic rings. The molecular weight excluding hydrogens is 204 g/mol. The third-order valence-electron chi connectivity index (χ3n) is 2.06. The van der Waals surface area contributed by atoms with Crippen molar-refractivity contribution in [3.8, 4) is 11.8 Å². The van der Waals surface area contributed by atoms with E-state index in [1.54, 1.807) is 0 Å². The van der Waals surface area contributed by atoms with Crippen molar-refractivity contribution in [2.75, 3.05) is 13.7 Å². The van der Waals surface area contributed by atoms with Crippen molar-refractivity contribution in [1.82, 2.24) is 0 Å². The topological polar surface area (TPSA) is 46.5 Å². The van der Waals surface area contributed by atoms with Crippen LogP contribution in [0.25, 0.3) is 0 Å². The second-order valence-electron chi connectivity index (χ2n) is 3.26. The Labute approximate surface area is 95.1 Å². The third kappa shape index (κ3) is 4.16. The summed E-state index contributed by atoms with van der Waals surface area (Å²) in [6.45, 7) is -0.123. The summed E-state index contributed by atoms with van der Waals surface area (Å²) in [7, 11) is 1.37. The zero-order chi connectivity index (χ0) is 11.8. The zero-order valence-electron chi connectivity index (χ0n) is 9.19. The minimum Gasteiger partial charge on any atom is -0.469 e. The molecule has 0 saturated heterocycles. The fourth-order valence-electron chi connectivity index (χ4n) is 1.31. The van der Waals surface area contributed by atoms with Gasteiger partial charge in [0.1, 0.15) is 6.61 Å². The molecule has 16 heavy (non-hydrogen) atoms. The first kappa shape index (κ1) is 12.3. The van der Waals surface area contributed by atoms with Crippen LogP contribution in [0, 0.1) is 11.8 Å². The highest BCUT2D eigenvalue weighted by molar-refractivity contribution is 5.72. The van der Waals surface area contributed by atoms with Crippen LogP contribution in [0.5, 0.6) is 0 Å². The van der Waals surface area contributed by atoms with E-state index in [0.717, 1.165) is 11.1 Å². The summed E-state index contributed by atoms with van der Waals surface area (Å²) in [4.78, 5) is 11.1. The van der Waals surface area contributed by atoms with E-state index < -0.39 is 0 Å². The standard InChI is InChI=1S/C13H14O3/c1-16-13(15)10-12-7-4-6-11(9-12)5-2-3-8-14/h4,6-7,9,14H,5,8,10H2,1H3. The molecular formula is C13H14O3. The van der Waals surface area contributed by atoms with Gasteiger partial charge in [-0.15, -0.1) is 0 Å². The summed E-state index contributed by atoms with van der Waals surface area (Å²) in [6, 6.07) is 7.62. The second kappa shape index (κ2) is 6.65. The Hall–Kier alpha value is -1.79. The summed E-state index contributed by atoms with van der Waals surface area (Å²) >= 11 is 0. The lowest BCUT2D eigenvalue weighted by atomic mass is 10.1. The van der Waals surface area contributed by atoms with Gasteiger partial charge in [0, 0.05) is 6.42 Å². The van der Waals surface area contributed by atoms with Crippen LogP contribution in [-0.4, -0.2) is 24.8 Å². The lowest BCUT2D eigenvalue weighted by Gasteiger charge is -2.01. The Morgan fingerprint density at radius 3 is 2.81 bits per heavy atom. The number of methoxy groups -OCH3 is 1. The molecule has 0 unspecified atom stereocenters. The molecule has 0 radical (unpaired) electrons. The van der Waals surface area contributed by atoms with E-state index in [-0.39, 0.29) is 19.0 Å². The molecule has 1 rings (SSSR count). The molecule has 0 aliphatic carbocycles. The molecule has 0 saturated carbocycles. The molecule has 0 heterocycles. The maximum Gasteiger partial charge on any atom is 0.309 e. The van der Waals surface area contributed by atoms with Crippen LogP contribution in [0.1, 0.15) is 11.1 Å². The molecule has 3 nitrogen and oxygen atoms in total. The number of ether oxygens (including phenoxy) is 1. The van der Waals surface area contributed by atoms with Crippen LogP contribution in [0.4, 0.5) is 0 Å². The van der Waals surface area contributed by atoms with Gasteiger partial charge in [-0.05, 0) is 11.1 Å². The maximum absolute atomic E-state index is 11.1. The Kier molecular flexibility index (Phi) is 5.10. The van der Waals surface area contributed by atoms with E-state index in [9.17, 15) is 4.79 Å². The smallest absolute Gasteiger partial charge is 0.309 e. The Morgan fingerprint density at radius 1 is 1.38 bits per heavy atom. The monoisotopic (exact) mass is 218 g/mol. The van der Waals surface area contributed by atoms with Crippen molar-refractivity contribution in [2.45, 2.75) is 12.8 Å². The minimum absolute atomic E-state index is 0.123. The van der Waals surface area contributed by atoms with E-state index in [0.29, 0.717) is 6.42 Å². The van der Waals surface area contributed by atoms with E-state index >= 15 is 0 Å². The number of carbonyl (C=O) groups excluding carboxylic acids is 1. The average molecular weight is 218 g/mol. The highest BCUT2D eigenvalue weighted by Gasteiger charge is 2.02. The van der Waals surface area contributed by atoms with Gasteiger partial charge in [0.15, 0.2) is 0 Å². The Morgan fingerprint density at radius 2 is 2.12 bits per heavy atom. The predicted molar refractivity (Wildman–Crippen MR) is 60.7 cm³/mol. The van der Waals surface area contributed by atoms with Crippen molar-refractivity contribution in [3.05, 3.63) is 35.4 Å². The first-order valence-electron chi connectivity index (χ1n) is 4.97. The van der Waals surface area contributed by atoms with E-state index in [2.05, 4.69) is 16.6 Å². The molecule has 0 fully saturated rings. The quantitative estimate of drug-likeness (QED) is 0.606. The molecule has 0 atom stereocenters. The number of rotatable bonds is 3.